The van der Waals surface area contributed by atoms with Crippen LogP contribution in [0.3, 0.4) is 0 Å². The van der Waals surface area contributed by atoms with Crippen LogP contribution in [0.2, 0.25) is 0 Å². The standard InChI is InChI=1S/C11H22O3/c1-13-7-3-8-14-9-6-11(10-12)4-2-5-11/h12H,2-10H2,1H3. The molecule has 1 rings (SSSR count). The highest BCUT2D eigenvalue weighted by Gasteiger charge is 2.35. The van der Waals surface area contributed by atoms with Gasteiger partial charge in [-0.25, -0.2) is 0 Å². The zero-order chi connectivity index (χ0) is 10.3. The predicted octanol–water partition coefficient (Wildman–Crippen LogP) is 1.59. The van der Waals surface area contributed by atoms with Crippen LogP contribution in [0.1, 0.15) is 32.1 Å². The van der Waals surface area contributed by atoms with Gasteiger partial charge in [-0.05, 0) is 31.1 Å². The smallest absolute Gasteiger partial charge is 0.0488 e. The van der Waals surface area contributed by atoms with Crippen LogP contribution in [0.25, 0.3) is 0 Å². The van der Waals surface area contributed by atoms with Crippen LogP contribution in [0, 0.1) is 5.41 Å². The summed E-state index contributed by atoms with van der Waals surface area (Å²) < 4.78 is 10.4. The first-order valence-electron chi connectivity index (χ1n) is 5.50. The normalized spacial score (nSPS) is 19.3. The highest BCUT2D eigenvalue weighted by atomic mass is 16.5. The number of ether oxygens (including phenoxy) is 2. The molecule has 3 nitrogen and oxygen atoms in total. The molecule has 0 aromatic heterocycles. The highest BCUT2D eigenvalue weighted by Crippen LogP contribution is 2.43. The van der Waals surface area contributed by atoms with Crippen LogP contribution in [0.5, 0.6) is 0 Å². The maximum Gasteiger partial charge on any atom is 0.0488 e. The highest BCUT2D eigenvalue weighted by molar-refractivity contribution is 4.86. The number of hydrogen-bond acceptors (Lipinski definition) is 3. The Bertz CT molecular complexity index is 138. The lowest BCUT2D eigenvalue weighted by molar-refractivity contribution is 0.00117. The van der Waals surface area contributed by atoms with E-state index >= 15 is 0 Å². The third-order valence-electron chi connectivity index (χ3n) is 3.16. The molecule has 0 amide bonds. The molecule has 3 heteroatoms. The molecule has 1 fully saturated rings. The lowest BCUT2D eigenvalue weighted by Gasteiger charge is -2.40. The molecule has 0 aromatic rings. The van der Waals surface area contributed by atoms with Gasteiger partial charge in [0.25, 0.3) is 0 Å². The second kappa shape index (κ2) is 6.38. The number of aliphatic hydroxyl groups is 1. The Labute approximate surface area is 86.4 Å². The molecule has 1 aliphatic carbocycles. The second-order valence-electron chi connectivity index (χ2n) is 4.22. The van der Waals surface area contributed by atoms with Gasteiger partial charge >= 0.3 is 0 Å². The quantitative estimate of drug-likeness (QED) is 0.607. The summed E-state index contributed by atoms with van der Waals surface area (Å²) in [4.78, 5) is 0. The SMILES string of the molecule is COCCCOCCC1(CO)CCC1. The van der Waals surface area contributed by atoms with Gasteiger partial charge in [0.2, 0.25) is 0 Å². The van der Waals surface area contributed by atoms with Crippen molar-refractivity contribution in [3.05, 3.63) is 0 Å². The van der Waals surface area contributed by atoms with Gasteiger partial charge in [0.15, 0.2) is 0 Å². The fraction of sp³-hybridized carbons (Fsp3) is 1.00. The first-order valence-corrected chi connectivity index (χ1v) is 5.50. The van der Waals surface area contributed by atoms with Crippen molar-refractivity contribution in [1.82, 2.24) is 0 Å². The molecule has 0 unspecified atom stereocenters. The van der Waals surface area contributed by atoms with Gasteiger partial charge in [-0.3, -0.25) is 0 Å². The molecule has 84 valence electrons. The molecule has 0 aromatic carbocycles. The number of rotatable bonds is 8. The number of methoxy groups -OCH3 is 1. The zero-order valence-corrected chi connectivity index (χ0v) is 9.13. The van der Waals surface area contributed by atoms with Crippen molar-refractivity contribution in [3.63, 3.8) is 0 Å². The van der Waals surface area contributed by atoms with E-state index in [1.165, 1.54) is 19.3 Å². The Morgan fingerprint density at radius 2 is 2.00 bits per heavy atom. The average molecular weight is 202 g/mol. The first-order chi connectivity index (χ1) is 6.83. The van der Waals surface area contributed by atoms with Gasteiger partial charge in [-0.15, -0.1) is 0 Å². The zero-order valence-electron chi connectivity index (χ0n) is 9.13. The van der Waals surface area contributed by atoms with Crippen molar-refractivity contribution in [2.75, 3.05) is 33.5 Å². The van der Waals surface area contributed by atoms with Crippen molar-refractivity contribution in [1.29, 1.82) is 0 Å². The van der Waals surface area contributed by atoms with Crippen LogP contribution < -0.4 is 0 Å². The van der Waals surface area contributed by atoms with Crippen LogP contribution in [-0.4, -0.2) is 38.6 Å². The monoisotopic (exact) mass is 202 g/mol. The van der Waals surface area contributed by atoms with Crippen molar-refractivity contribution in [2.24, 2.45) is 5.41 Å². The first kappa shape index (κ1) is 12.0. The maximum absolute atomic E-state index is 9.20. The van der Waals surface area contributed by atoms with Gasteiger partial charge in [-0.2, -0.15) is 0 Å². The Hall–Kier alpha value is -0.120. The Morgan fingerprint density at radius 3 is 2.50 bits per heavy atom. The molecule has 1 N–H and O–H groups in total. The van der Waals surface area contributed by atoms with E-state index in [0.29, 0.717) is 6.61 Å². The van der Waals surface area contributed by atoms with E-state index in [2.05, 4.69) is 0 Å². The van der Waals surface area contributed by atoms with Crippen LogP contribution in [-0.2, 0) is 9.47 Å². The van der Waals surface area contributed by atoms with Gasteiger partial charge in [0, 0.05) is 33.5 Å². The fourth-order valence-electron chi connectivity index (χ4n) is 1.86. The Balaban J connectivity index is 1.92. The minimum atomic E-state index is 0.210. The van der Waals surface area contributed by atoms with Gasteiger partial charge in [0.1, 0.15) is 0 Å². The third-order valence-corrected chi connectivity index (χ3v) is 3.16. The molecule has 1 saturated carbocycles. The van der Waals surface area contributed by atoms with E-state index in [4.69, 9.17) is 9.47 Å². The number of hydrogen-bond donors (Lipinski definition) is 1. The van der Waals surface area contributed by atoms with Gasteiger partial charge in [0.05, 0.1) is 0 Å². The summed E-state index contributed by atoms with van der Waals surface area (Å²) in [6.07, 6.45) is 5.58. The van der Waals surface area contributed by atoms with E-state index in [9.17, 15) is 5.11 Å². The summed E-state index contributed by atoms with van der Waals surface area (Å²) in [5.41, 5.74) is 0.210. The van der Waals surface area contributed by atoms with Crippen molar-refractivity contribution >= 4 is 0 Å². The summed E-state index contributed by atoms with van der Waals surface area (Å²) in [7, 11) is 1.70. The minimum absolute atomic E-state index is 0.210. The summed E-state index contributed by atoms with van der Waals surface area (Å²) >= 11 is 0. The topological polar surface area (TPSA) is 38.7 Å². The molecule has 0 radical (unpaired) electrons. The molecule has 1 aliphatic rings. The summed E-state index contributed by atoms with van der Waals surface area (Å²) in [6, 6.07) is 0. The lowest BCUT2D eigenvalue weighted by atomic mass is 9.67. The second-order valence-corrected chi connectivity index (χ2v) is 4.22. The Morgan fingerprint density at radius 1 is 1.21 bits per heavy atom. The van der Waals surface area contributed by atoms with E-state index in [0.717, 1.165) is 32.7 Å². The molecular weight excluding hydrogens is 180 g/mol. The van der Waals surface area contributed by atoms with Gasteiger partial charge in [-0.1, -0.05) is 6.42 Å². The molecule has 0 aliphatic heterocycles. The van der Waals surface area contributed by atoms with Crippen LogP contribution in [0.4, 0.5) is 0 Å². The molecule has 0 bridgehead atoms. The van der Waals surface area contributed by atoms with Gasteiger partial charge < -0.3 is 14.6 Å². The molecule has 14 heavy (non-hydrogen) atoms. The third kappa shape index (κ3) is 3.56. The number of aliphatic hydroxyl groups excluding tert-OH is 1. The minimum Gasteiger partial charge on any atom is -0.396 e. The van der Waals surface area contributed by atoms with Crippen LogP contribution in [0.15, 0.2) is 0 Å². The molecule has 0 atom stereocenters. The maximum atomic E-state index is 9.20. The molecule has 0 saturated heterocycles. The van der Waals surface area contributed by atoms with E-state index in [-0.39, 0.29) is 5.41 Å². The Kier molecular flexibility index (Phi) is 5.45. The predicted molar refractivity (Wildman–Crippen MR) is 55.3 cm³/mol. The van der Waals surface area contributed by atoms with E-state index < -0.39 is 0 Å². The largest absolute Gasteiger partial charge is 0.396 e. The van der Waals surface area contributed by atoms with Crippen LogP contribution >= 0.6 is 0 Å². The summed E-state index contributed by atoms with van der Waals surface area (Å²) in [6.45, 7) is 2.65. The van der Waals surface area contributed by atoms with Crippen molar-refractivity contribution in [2.45, 2.75) is 32.1 Å². The molecular formula is C11H22O3. The fourth-order valence-corrected chi connectivity index (χ4v) is 1.86. The lowest BCUT2D eigenvalue weighted by Crippen LogP contribution is -2.34. The van der Waals surface area contributed by atoms with E-state index in [1.807, 2.05) is 0 Å². The average Bonchev–Trinajstić information content (AvgIpc) is 2.15. The summed E-state index contributed by atoms with van der Waals surface area (Å²) in [5, 5.41) is 9.20. The van der Waals surface area contributed by atoms with E-state index in [1.54, 1.807) is 7.11 Å². The van der Waals surface area contributed by atoms with Crippen molar-refractivity contribution < 1.29 is 14.6 Å². The molecule has 0 spiro atoms. The molecule has 0 heterocycles. The summed E-state index contributed by atoms with van der Waals surface area (Å²) in [5.74, 6) is 0. The van der Waals surface area contributed by atoms with Crippen molar-refractivity contribution in [3.8, 4) is 0 Å².